The molecule has 1 heterocycles. The molecule has 5 rings (SSSR count). The highest BCUT2D eigenvalue weighted by atomic mass is 32.2. The van der Waals surface area contributed by atoms with Crippen molar-refractivity contribution in [3.8, 4) is 0 Å². The van der Waals surface area contributed by atoms with Crippen molar-refractivity contribution in [3.63, 3.8) is 0 Å². The van der Waals surface area contributed by atoms with Gasteiger partial charge in [0, 0.05) is 13.5 Å². The Kier molecular flexibility index (Phi) is 4.84. The van der Waals surface area contributed by atoms with E-state index in [9.17, 15) is 8.42 Å². The van der Waals surface area contributed by atoms with Gasteiger partial charge in [0.05, 0.1) is 6.26 Å². The van der Waals surface area contributed by atoms with Crippen molar-refractivity contribution in [2.24, 2.45) is 11.8 Å². The predicted octanol–water partition coefficient (Wildman–Crippen LogP) is 4.23. The van der Waals surface area contributed by atoms with Gasteiger partial charge in [-0.25, -0.2) is 13.1 Å². The first-order valence-corrected chi connectivity index (χ1v) is 13.1. The van der Waals surface area contributed by atoms with E-state index < -0.39 is 10.0 Å². The van der Waals surface area contributed by atoms with Crippen LogP contribution in [0.4, 0.5) is 0 Å². The molecule has 5 heteroatoms. The van der Waals surface area contributed by atoms with Gasteiger partial charge < -0.3 is 4.90 Å². The summed E-state index contributed by atoms with van der Waals surface area (Å²) in [6.45, 7) is 2.42. The molecule has 28 heavy (non-hydrogen) atoms. The number of likely N-dealkylation sites (tertiary alicyclic amines) is 1. The average molecular weight is 405 g/mol. The lowest BCUT2D eigenvalue weighted by atomic mass is 9.63. The summed E-state index contributed by atoms with van der Waals surface area (Å²) in [5.41, 5.74) is 2.87. The van der Waals surface area contributed by atoms with Crippen LogP contribution >= 0.6 is 0 Å². The molecule has 3 aliphatic carbocycles. The van der Waals surface area contributed by atoms with Gasteiger partial charge in [-0.3, -0.25) is 0 Å². The molecule has 2 bridgehead atoms. The first-order chi connectivity index (χ1) is 13.4. The molecule has 4 nitrogen and oxygen atoms in total. The molecule has 1 N–H and O–H groups in total. The molecule has 2 unspecified atom stereocenters. The Bertz CT molecular complexity index is 823. The van der Waals surface area contributed by atoms with Gasteiger partial charge in [-0.15, -0.1) is 0 Å². The number of piperidine rings is 1. The molecule has 4 atom stereocenters. The molecule has 1 saturated heterocycles. The number of benzene rings is 1. The van der Waals surface area contributed by atoms with E-state index >= 15 is 0 Å². The highest BCUT2D eigenvalue weighted by Crippen LogP contribution is 2.50. The fraction of sp³-hybridized carbons (Fsp3) is 0.739. The predicted molar refractivity (Wildman–Crippen MR) is 115 cm³/mol. The number of hydrogen-bond donors (Lipinski definition) is 1. The fourth-order valence-electron chi connectivity index (χ4n) is 6.98. The van der Waals surface area contributed by atoms with Crippen LogP contribution in [0.1, 0.15) is 76.4 Å². The van der Waals surface area contributed by atoms with Gasteiger partial charge in [-0.1, -0.05) is 37.1 Å². The molecule has 1 spiro atoms. The maximum Gasteiger partial charge on any atom is 0.209 e. The van der Waals surface area contributed by atoms with Crippen molar-refractivity contribution < 1.29 is 9.84 Å². The molecular formula is C23H36N2O2S. The van der Waals surface area contributed by atoms with E-state index in [1.54, 1.807) is 0 Å². The molecule has 156 valence electrons. The normalized spacial score (nSPS) is 35.0. The minimum Gasteiger partial charge on any atom is -0.300 e. The van der Waals surface area contributed by atoms with E-state index in [1.165, 1.54) is 75.4 Å². The maximum atomic E-state index is 11.8. The summed E-state index contributed by atoms with van der Waals surface area (Å²) in [4.78, 5) is 2.80. The Balaban J connectivity index is 0.00000205. The molecule has 1 aromatic rings. The van der Waals surface area contributed by atoms with Crippen LogP contribution in [0.5, 0.6) is 0 Å². The lowest BCUT2D eigenvalue weighted by Crippen LogP contribution is -2.50. The summed E-state index contributed by atoms with van der Waals surface area (Å²) < 4.78 is 26.5. The van der Waals surface area contributed by atoms with E-state index in [4.69, 9.17) is 0 Å². The summed E-state index contributed by atoms with van der Waals surface area (Å²) in [5, 5.41) is 0. The zero-order valence-corrected chi connectivity index (χ0v) is 17.9. The maximum absolute atomic E-state index is 11.8. The third-order valence-electron chi connectivity index (χ3n) is 8.31. The largest absolute Gasteiger partial charge is 0.300 e. The zero-order valence-electron chi connectivity index (χ0n) is 17.1. The summed E-state index contributed by atoms with van der Waals surface area (Å²) in [5.74, 6) is 2.00. The van der Waals surface area contributed by atoms with Crippen LogP contribution in [-0.2, 0) is 15.4 Å². The van der Waals surface area contributed by atoms with Crippen LogP contribution in [-0.4, -0.2) is 38.7 Å². The van der Waals surface area contributed by atoms with Gasteiger partial charge in [-0.2, -0.15) is 0 Å². The van der Waals surface area contributed by atoms with E-state index in [-0.39, 0.29) is 12.9 Å². The number of nitrogens with zero attached hydrogens (tertiary/aromatic N) is 1. The smallest absolute Gasteiger partial charge is 0.209 e. The minimum absolute atomic E-state index is 0. The summed E-state index contributed by atoms with van der Waals surface area (Å²) in [6.07, 6.45) is 13.0. The van der Waals surface area contributed by atoms with Crippen LogP contribution in [0, 0.1) is 11.8 Å². The summed E-state index contributed by atoms with van der Waals surface area (Å²) in [7, 11) is -3.19. The van der Waals surface area contributed by atoms with Gasteiger partial charge in [0.1, 0.15) is 0 Å². The molecular weight excluding hydrogens is 368 g/mol. The van der Waals surface area contributed by atoms with Crippen LogP contribution in [0.15, 0.2) is 24.3 Å². The Morgan fingerprint density at radius 1 is 1.00 bits per heavy atom. The van der Waals surface area contributed by atoms with Crippen LogP contribution in [0.25, 0.3) is 0 Å². The highest BCUT2D eigenvalue weighted by molar-refractivity contribution is 7.88. The second-order valence-electron chi connectivity index (χ2n) is 10.1. The van der Waals surface area contributed by atoms with Crippen LogP contribution in [0.2, 0.25) is 0 Å². The van der Waals surface area contributed by atoms with Crippen molar-refractivity contribution in [2.75, 3.05) is 19.3 Å². The first-order valence-electron chi connectivity index (χ1n) is 11.2. The average Bonchev–Trinajstić information content (AvgIpc) is 3.02. The lowest BCUT2D eigenvalue weighted by Gasteiger charge is -2.49. The summed E-state index contributed by atoms with van der Waals surface area (Å²) >= 11 is 0. The molecule has 3 fully saturated rings. The number of rotatable bonds is 3. The van der Waals surface area contributed by atoms with Crippen molar-refractivity contribution in [3.05, 3.63) is 35.4 Å². The second kappa shape index (κ2) is 7.10. The Morgan fingerprint density at radius 2 is 1.68 bits per heavy atom. The van der Waals surface area contributed by atoms with Crippen LogP contribution < -0.4 is 4.72 Å². The molecule has 0 aromatic heterocycles. The van der Waals surface area contributed by atoms with Crippen molar-refractivity contribution >= 4 is 10.0 Å². The number of sulfonamides is 1. The van der Waals surface area contributed by atoms with Gasteiger partial charge in [0.2, 0.25) is 10.0 Å². The Morgan fingerprint density at radius 3 is 2.36 bits per heavy atom. The molecule has 0 radical (unpaired) electrons. The molecule has 2 saturated carbocycles. The first kappa shape index (κ1) is 19.1. The van der Waals surface area contributed by atoms with Crippen LogP contribution in [0.3, 0.4) is 0 Å². The number of fused-ring (bicyclic) bond motifs is 4. The molecule has 1 aliphatic heterocycles. The monoisotopic (exact) mass is 404 g/mol. The molecule has 0 amide bonds. The van der Waals surface area contributed by atoms with E-state index in [2.05, 4.69) is 33.9 Å². The quantitative estimate of drug-likeness (QED) is 0.820. The van der Waals surface area contributed by atoms with E-state index in [1.807, 2.05) is 0 Å². The van der Waals surface area contributed by atoms with Crippen molar-refractivity contribution in [2.45, 2.75) is 75.3 Å². The summed E-state index contributed by atoms with van der Waals surface area (Å²) in [6, 6.07) is 9.36. The number of nitrogens with one attached hydrogen (secondary N) is 1. The zero-order chi connectivity index (χ0) is 19.4. The third-order valence-corrected chi connectivity index (χ3v) is 9.02. The SMILES string of the molecule is CS(=O)(=O)N[C@H]1CCC2(CCN(C3CC4CC[C@H](C4)C3)CC2)c2ccccc21.[HH]. The van der Waals surface area contributed by atoms with Crippen molar-refractivity contribution in [1.82, 2.24) is 9.62 Å². The van der Waals surface area contributed by atoms with E-state index in [0.717, 1.165) is 30.7 Å². The van der Waals surface area contributed by atoms with Gasteiger partial charge in [0.15, 0.2) is 0 Å². The van der Waals surface area contributed by atoms with Gasteiger partial charge >= 0.3 is 0 Å². The van der Waals surface area contributed by atoms with Gasteiger partial charge in [0.25, 0.3) is 0 Å². The molecule has 1 aromatic carbocycles. The van der Waals surface area contributed by atoms with Gasteiger partial charge in [-0.05, 0) is 86.4 Å². The van der Waals surface area contributed by atoms with Crippen molar-refractivity contribution in [1.29, 1.82) is 0 Å². The molecule has 4 aliphatic rings. The minimum atomic E-state index is -3.19. The fourth-order valence-corrected chi connectivity index (χ4v) is 7.74. The number of hydrogen-bond acceptors (Lipinski definition) is 3. The Labute approximate surface area is 171 Å². The topological polar surface area (TPSA) is 49.4 Å². The second-order valence-corrected chi connectivity index (χ2v) is 11.8. The Hall–Kier alpha value is -0.910. The third kappa shape index (κ3) is 3.54. The standard InChI is InChI=1S/C23H34N2O2S.H2/c1-28(26,27)24-22-8-9-23(21-5-3-2-4-20(21)22)10-12-25(13-11-23)19-15-17-6-7-18(14-17)16-19;/h2-5,17-19,22,24H,6-16H2,1H3;1H/t17-,18?,19?,22+;/m1./s1. The highest BCUT2D eigenvalue weighted by Gasteiger charge is 2.44. The van der Waals surface area contributed by atoms with E-state index in [0.29, 0.717) is 0 Å². The lowest BCUT2D eigenvalue weighted by molar-refractivity contribution is 0.0679.